The Morgan fingerprint density at radius 2 is 2.00 bits per heavy atom. The van der Waals surface area contributed by atoms with Gasteiger partial charge in [0, 0.05) is 6.04 Å². The third kappa shape index (κ3) is 3.96. The van der Waals surface area contributed by atoms with Crippen molar-refractivity contribution in [3.05, 3.63) is 0 Å². The molecule has 0 saturated heterocycles. The Bertz CT molecular complexity index is 17.6. The first kappa shape index (κ1) is 4.96. The van der Waals surface area contributed by atoms with Crippen molar-refractivity contribution in [1.82, 2.24) is 5.73 Å². The van der Waals surface area contributed by atoms with Crippen molar-refractivity contribution in [2.75, 3.05) is 0 Å². The molecule has 1 heteroatoms. The van der Waals surface area contributed by atoms with Gasteiger partial charge in [-0.1, -0.05) is 6.92 Å². The molecule has 1 nitrogen and oxygen atoms in total. The molecular weight excluding hydrogens is 62.1 g/mol. The number of hydrogen-bond acceptors (Lipinski definition) is 0. The zero-order valence-corrected chi connectivity index (χ0v) is 3.73. The zero-order chi connectivity index (χ0) is 4.28. The Labute approximate surface area is 33.2 Å². The third-order valence-electron chi connectivity index (χ3n) is 0.591. The fourth-order valence-electron chi connectivity index (χ4n) is 0. The predicted octanol–water partition coefficient (Wildman–Crippen LogP) is 0.854. The summed E-state index contributed by atoms with van der Waals surface area (Å²) in [5.41, 5.74) is 8.36. The molecule has 1 unspecified atom stereocenters. The Kier molecular flexibility index (Phi) is 2.19. The second-order valence-corrected chi connectivity index (χ2v) is 1.26. The molecule has 0 N–H and O–H groups in total. The molecule has 0 spiro atoms. The molecule has 0 amide bonds. The molecule has 0 heterocycles. The van der Waals surface area contributed by atoms with Gasteiger partial charge in [-0.25, -0.2) is 0 Å². The Morgan fingerprint density at radius 1 is 1.80 bits per heavy atom. The quantitative estimate of drug-likeness (QED) is 0.437. The topological polar surface area (TPSA) is 22.3 Å². The van der Waals surface area contributed by atoms with Crippen molar-refractivity contribution in [3.63, 3.8) is 0 Å². The third-order valence-corrected chi connectivity index (χ3v) is 0.591. The van der Waals surface area contributed by atoms with Crippen molar-refractivity contribution < 1.29 is 0 Å². The number of nitrogens with zero attached hydrogens (tertiary/aromatic N) is 1. The molecular formula is C4H9N. The summed E-state index contributed by atoms with van der Waals surface area (Å²) in [6.07, 6.45) is 0.861. The summed E-state index contributed by atoms with van der Waals surface area (Å²) < 4.78 is 0. The van der Waals surface area contributed by atoms with Gasteiger partial charge in [0.1, 0.15) is 0 Å². The van der Waals surface area contributed by atoms with Gasteiger partial charge >= 0.3 is 0 Å². The monoisotopic (exact) mass is 71.1 g/mol. The molecule has 0 aliphatic rings. The van der Waals surface area contributed by atoms with Crippen molar-refractivity contribution >= 4 is 0 Å². The molecule has 0 saturated carbocycles. The first-order valence-electron chi connectivity index (χ1n) is 1.95. The number of hydrogen-bond donors (Lipinski definition) is 0. The van der Waals surface area contributed by atoms with E-state index in [9.17, 15) is 0 Å². The van der Waals surface area contributed by atoms with Gasteiger partial charge in [-0.3, -0.25) is 0 Å². The van der Waals surface area contributed by atoms with Crippen LogP contribution < -0.4 is 5.73 Å². The minimum absolute atomic E-state index is 0.116. The molecule has 1 atom stereocenters. The van der Waals surface area contributed by atoms with Crippen molar-refractivity contribution in [2.24, 2.45) is 0 Å². The van der Waals surface area contributed by atoms with E-state index >= 15 is 0 Å². The van der Waals surface area contributed by atoms with Crippen LogP contribution in [-0.2, 0) is 0 Å². The average molecular weight is 71.1 g/mol. The van der Waals surface area contributed by atoms with Gasteiger partial charge in [0.05, 0.1) is 0 Å². The second-order valence-electron chi connectivity index (χ2n) is 1.26. The maximum absolute atomic E-state index is 8.36. The summed E-state index contributed by atoms with van der Waals surface area (Å²) in [4.78, 5) is 0. The Morgan fingerprint density at radius 3 is 2.00 bits per heavy atom. The lowest BCUT2D eigenvalue weighted by atomic mass is 10.3. The summed E-state index contributed by atoms with van der Waals surface area (Å²) in [6.45, 7) is 3.73. The van der Waals surface area contributed by atoms with Crippen LogP contribution in [0.25, 0.3) is 0 Å². The van der Waals surface area contributed by atoms with Gasteiger partial charge < -0.3 is 0 Å². The van der Waals surface area contributed by atoms with Crippen LogP contribution in [0.4, 0.5) is 0 Å². The maximum atomic E-state index is 8.36. The molecule has 30 valence electrons. The van der Waals surface area contributed by atoms with Gasteiger partial charge in [-0.05, 0) is 13.3 Å². The van der Waals surface area contributed by atoms with Crippen LogP contribution in [0.1, 0.15) is 20.3 Å². The van der Waals surface area contributed by atoms with Crippen LogP contribution in [0.2, 0.25) is 0 Å². The Balaban J connectivity index is 2.54. The smallest absolute Gasteiger partial charge is 0.0402 e. The van der Waals surface area contributed by atoms with Gasteiger partial charge in [-0.15, -0.1) is 5.73 Å². The largest absolute Gasteiger partial charge is 0.142 e. The Hall–Kier alpha value is -0.0400. The summed E-state index contributed by atoms with van der Waals surface area (Å²) in [6, 6.07) is -0.116. The van der Waals surface area contributed by atoms with E-state index in [1.807, 2.05) is 6.92 Å². The fraction of sp³-hybridized carbons (Fsp3) is 1.00. The molecule has 2 radical (unpaired) electrons. The maximum Gasteiger partial charge on any atom is 0.0402 e. The normalized spacial score (nSPS) is 15.0. The molecule has 0 aromatic carbocycles. The van der Waals surface area contributed by atoms with Crippen LogP contribution in [0.5, 0.6) is 0 Å². The number of rotatable bonds is 1. The van der Waals surface area contributed by atoms with E-state index in [0.29, 0.717) is 0 Å². The van der Waals surface area contributed by atoms with E-state index < -0.39 is 0 Å². The van der Waals surface area contributed by atoms with Gasteiger partial charge in [0.25, 0.3) is 0 Å². The van der Waals surface area contributed by atoms with Gasteiger partial charge in [0.15, 0.2) is 0 Å². The zero-order valence-electron chi connectivity index (χ0n) is 3.73. The minimum atomic E-state index is -0.116. The van der Waals surface area contributed by atoms with Crippen molar-refractivity contribution in [3.8, 4) is 0 Å². The lowest BCUT2D eigenvalue weighted by Crippen LogP contribution is -1.96. The molecule has 0 aromatic heterocycles. The van der Waals surface area contributed by atoms with Crippen LogP contribution in [-0.4, -0.2) is 6.04 Å². The van der Waals surface area contributed by atoms with Gasteiger partial charge in [-0.2, -0.15) is 0 Å². The van der Waals surface area contributed by atoms with Crippen LogP contribution in [0.15, 0.2) is 0 Å². The van der Waals surface area contributed by atoms with Crippen molar-refractivity contribution in [2.45, 2.75) is 26.3 Å². The minimum Gasteiger partial charge on any atom is -0.142 e. The summed E-state index contributed by atoms with van der Waals surface area (Å²) >= 11 is 0. The molecule has 0 fully saturated rings. The van der Waals surface area contributed by atoms with E-state index in [1.165, 1.54) is 0 Å². The lowest BCUT2D eigenvalue weighted by molar-refractivity contribution is 0.693. The van der Waals surface area contributed by atoms with E-state index in [2.05, 4.69) is 0 Å². The van der Waals surface area contributed by atoms with E-state index in [1.54, 1.807) is 6.92 Å². The highest BCUT2D eigenvalue weighted by Gasteiger charge is 1.83. The highest BCUT2D eigenvalue weighted by molar-refractivity contribution is 4.42. The molecule has 0 aliphatic carbocycles. The van der Waals surface area contributed by atoms with Crippen LogP contribution >= 0.6 is 0 Å². The second kappa shape index (κ2) is 2.21. The highest BCUT2D eigenvalue weighted by atomic mass is 14.6. The standard InChI is InChI=1S/C4H9N/c1-3-4(2)5/h4H,3H2,1-2H3. The SMILES string of the molecule is CCC(C)[N]. The summed E-state index contributed by atoms with van der Waals surface area (Å²) in [5.74, 6) is 0. The average Bonchev–Trinajstić information content (AvgIpc) is 1.38. The first-order chi connectivity index (χ1) is 2.27. The molecule has 0 aliphatic heterocycles. The summed E-state index contributed by atoms with van der Waals surface area (Å²) in [5, 5.41) is 0. The van der Waals surface area contributed by atoms with Crippen LogP contribution in [0.3, 0.4) is 0 Å². The lowest BCUT2D eigenvalue weighted by Gasteiger charge is -1.87. The highest BCUT2D eigenvalue weighted by Crippen LogP contribution is 1.80. The van der Waals surface area contributed by atoms with E-state index in [-0.39, 0.29) is 6.04 Å². The molecule has 0 bridgehead atoms. The molecule has 5 heavy (non-hydrogen) atoms. The van der Waals surface area contributed by atoms with E-state index in [4.69, 9.17) is 5.73 Å². The molecule has 0 rings (SSSR count). The molecule has 0 aromatic rings. The van der Waals surface area contributed by atoms with Gasteiger partial charge in [0.2, 0.25) is 0 Å². The van der Waals surface area contributed by atoms with E-state index in [0.717, 1.165) is 6.42 Å². The predicted molar refractivity (Wildman–Crippen MR) is 21.9 cm³/mol. The first-order valence-corrected chi connectivity index (χ1v) is 1.95. The fourth-order valence-corrected chi connectivity index (χ4v) is 0. The summed E-state index contributed by atoms with van der Waals surface area (Å²) in [7, 11) is 0. The van der Waals surface area contributed by atoms with Crippen molar-refractivity contribution in [1.29, 1.82) is 0 Å². The van der Waals surface area contributed by atoms with Crippen LogP contribution in [0, 0.1) is 0 Å².